The van der Waals surface area contributed by atoms with Gasteiger partial charge >= 0.3 is 0 Å². The van der Waals surface area contributed by atoms with Crippen LogP contribution >= 0.6 is 12.2 Å². The van der Waals surface area contributed by atoms with Gasteiger partial charge in [-0.05, 0) is 49.8 Å². The maximum absolute atomic E-state index is 12.5. The predicted octanol–water partition coefficient (Wildman–Crippen LogP) is 3.17. The number of aromatic amines is 1. The van der Waals surface area contributed by atoms with E-state index in [4.69, 9.17) is 21.7 Å². The van der Waals surface area contributed by atoms with E-state index in [9.17, 15) is 9.59 Å². The summed E-state index contributed by atoms with van der Waals surface area (Å²) >= 11 is 5.26. The zero-order valence-corrected chi connectivity index (χ0v) is 18.9. The van der Waals surface area contributed by atoms with Crippen LogP contribution in [0, 0.1) is 11.7 Å². The summed E-state index contributed by atoms with van der Waals surface area (Å²) in [5, 5.41) is 6.93. The molecule has 3 aromatic rings. The van der Waals surface area contributed by atoms with E-state index in [1.807, 2.05) is 38.1 Å². The maximum atomic E-state index is 12.5. The van der Waals surface area contributed by atoms with Crippen molar-refractivity contribution in [1.82, 2.24) is 25.6 Å². The van der Waals surface area contributed by atoms with Gasteiger partial charge in [0.15, 0.2) is 22.1 Å². The van der Waals surface area contributed by atoms with Crippen LogP contribution in [0.15, 0.2) is 42.5 Å². The van der Waals surface area contributed by atoms with Crippen LogP contribution in [0.5, 0.6) is 11.5 Å². The Bertz CT molecular complexity index is 1170. The van der Waals surface area contributed by atoms with E-state index in [1.54, 1.807) is 22.8 Å². The molecule has 32 heavy (non-hydrogen) atoms. The third-order valence-corrected chi connectivity index (χ3v) is 4.85. The summed E-state index contributed by atoms with van der Waals surface area (Å²) in [7, 11) is 1.50. The minimum atomic E-state index is -0.492. The van der Waals surface area contributed by atoms with Crippen LogP contribution in [-0.2, 0) is 11.3 Å². The Hall–Kier alpha value is -3.66. The van der Waals surface area contributed by atoms with Crippen LogP contribution in [-0.4, -0.2) is 40.3 Å². The molecule has 2 amide bonds. The molecule has 0 radical (unpaired) electrons. The SMILES string of the molecule is CCCOc1ccc(C(=O)NNC(=O)Cn2c(-c3cccc(C)c3)n[nH]c2=S)cc1OC. The summed E-state index contributed by atoms with van der Waals surface area (Å²) in [5.41, 5.74) is 7.00. The number of hydrazine groups is 1. The van der Waals surface area contributed by atoms with E-state index in [0.717, 1.165) is 17.5 Å². The van der Waals surface area contributed by atoms with Crippen molar-refractivity contribution in [3.8, 4) is 22.9 Å². The number of methoxy groups -OCH3 is 1. The largest absolute Gasteiger partial charge is 0.493 e. The number of ether oxygens (including phenoxy) is 2. The Morgan fingerprint density at radius 3 is 2.69 bits per heavy atom. The summed E-state index contributed by atoms with van der Waals surface area (Å²) in [6, 6.07) is 12.5. The molecule has 0 bridgehead atoms. The second kappa shape index (κ2) is 10.6. The van der Waals surface area contributed by atoms with Gasteiger partial charge in [0, 0.05) is 11.1 Å². The summed E-state index contributed by atoms with van der Waals surface area (Å²) in [6.07, 6.45) is 0.851. The molecule has 0 atom stereocenters. The van der Waals surface area contributed by atoms with Crippen molar-refractivity contribution in [3.63, 3.8) is 0 Å². The molecular formula is C22H25N5O4S. The molecule has 3 rings (SSSR count). The fraction of sp³-hybridized carbons (Fsp3) is 0.273. The van der Waals surface area contributed by atoms with Crippen LogP contribution < -0.4 is 20.3 Å². The number of nitrogens with one attached hydrogen (secondary N) is 3. The quantitative estimate of drug-likeness (QED) is 0.355. The molecule has 0 saturated heterocycles. The Morgan fingerprint density at radius 1 is 1.16 bits per heavy atom. The van der Waals surface area contributed by atoms with Crippen molar-refractivity contribution in [1.29, 1.82) is 0 Å². The number of rotatable bonds is 8. The first-order chi connectivity index (χ1) is 15.4. The molecule has 0 aliphatic carbocycles. The number of nitrogens with zero attached hydrogens (tertiary/aromatic N) is 2. The molecule has 9 nitrogen and oxygen atoms in total. The van der Waals surface area contributed by atoms with Gasteiger partial charge in [0.25, 0.3) is 11.8 Å². The van der Waals surface area contributed by atoms with Gasteiger partial charge in [-0.15, -0.1) is 0 Å². The molecule has 0 aliphatic heterocycles. The monoisotopic (exact) mass is 455 g/mol. The lowest BCUT2D eigenvalue weighted by Crippen LogP contribution is -2.43. The van der Waals surface area contributed by atoms with Gasteiger partial charge in [-0.3, -0.25) is 30.1 Å². The lowest BCUT2D eigenvalue weighted by Gasteiger charge is -2.12. The van der Waals surface area contributed by atoms with E-state index in [1.165, 1.54) is 7.11 Å². The summed E-state index contributed by atoms with van der Waals surface area (Å²) in [4.78, 5) is 24.9. The number of aryl methyl sites for hydroxylation is 1. The molecule has 0 spiro atoms. The molecule has 0 fully saturated rings. The van der Waals surface area contributed by atoms with Gasteiger partial charge in [-0.1, -0.05) is 30.7 Å². The van der Waals surface area contributed by atoms with Crippen LogP contribution in [0.3, 0.4) is 0 Å². The summed E-state index contributed by atoms with van der Waals surface area (Å²) < 4.78 is 12.7. The number of amides is 2. The number of benzene rings is 2. The van der Waals surface area contributed by atoms with Crippen LogP contribution in [0.1, 0.15) is 29.3 Å². The number of aromatic nitrogens is 3. The highest BCUT2D eigenvalue weighted by Gasteiger charge is 2.15. The first-order valence-electron chi connectivity index (χ1n) is 10.0. The Kier molecular flexibility index (Phi) is 7.61. The molecule has 0 aliphatic rings. The number of H-pyrrole nitrogens is 1. The first kappa shape index (κ1) is 23.0. The van der Waals surface area contributed by atoms with E-state index in [0.29, 0.717) is 34.3 Å². The Balaban J connectivity index is 1.65. The molecule has 2 aromatic carbocycles. The van der Waals surface area contributed by atoms with Crippen molar-refractivity contribution < 1.29 is 19.1 Å². The topological polar surface area (TPSA) is 110 Å². The zero-order valence-electron chi connectivity index (χ0n) is 18.1. The number of hydrogen-bond acceptors (Lipinski definition) is 6. The van der Waals surface area contributed by atoms with Crippen LogP contribution in [0.25, 0.3) is 11.4 Å². The van der Waals surface area contributed by atoms with Gasteiger partial charge < -0.3 is 9.47 Å². The fourth-order valence-corrected chi connectivity index (χ4v) is 3.19. The molecule has 168 valence electrons. The molecule has 3 N–H and O–H groups in total. The standard InChI is InChI=1S/C22H25N5O4S/c1-4-10-31-17-9-8-16(12-18(17)30-3)21(29)25-23-19(28)13-27-20(24-26-22(27)32)15-7-5-6-14(2)11-15/h5-9,11-12H,4,10,13H2,1-3H3,(H,23,28)(H,25,29)(H,26,32). The lowest BCUT2D eigenvalue weighted by molar-refractivity contribution is -0.122. The van der Waals surface area contributed by atoms with Crippen LogP contribution in [0.4, 0.5) is 0 Å². The second-order valence-electron chi connectivity index (χ2n) is 7.02. The molecule has 1 heterocycles. The first-order valence-corrected chi connectivity index (χ1v) is 10.5. The van der Waals surface area contributed by atoms with Gasteiger partial charge in [0.2, 0.25) is 0 Å². The fourth-order valence-electron chi connectivity index (χ4n) is 2.99. The van der Waals surface area contributed by atoms with Gasteiger partial charge in [0.05, 0.1) is 13.7 Å². The Morgan fingerprint density at radius 2 is 1.97 bits per heavy atom. The van der Waals surface area contributed by atoms with Gasteiger partial charge in [-0.25, -0.2) is 0 Å². The highest BCUT2D eigenvalue weighted by Crippen LogP contribution is 2.28. The van der Waals surface area contributed by atoms with Crippen molar-refractivity contribution >= 4 is 24.0 Å². The Labute approximate surface area is 190 Å². The second-order valence-corrected chi connectivity index (χ2v) is 7.41. The third kappa shape index (κ3) is 5.52. The van der Waals surface area contributed by atoms with Crippen molar-refractivity contribution in [2.75, 3.05) is 13.7 Å². The molecule has 10 heteroatoms. The maximum Gasteiger partial charge on any atom is 0.269 e. The number of carbonyl (C=O) groups is 2. The smallest absolute Gasteiger partial charge is 0.269 e. The third-order valence-electron chi connectivity index (χ3n) is 4.54. The predicted molar refractivity (Wildman–Crippen MR) is 122 cm³/mol. The van der Waals surface area contributed by atoms with Gasteiger partial charge in [-0.2, -0.15) is 5.10 Å². The zero-order chi connectivity index (χ0) is 23.1. The molecule has 0 saturated carbocycles. The number of carbonyl (C=O) groups excluding carboxylic acids is 2. The van der Waals surface area contributed by atoms with Crippen molar-refractivity contribution in [3.05, 3.63) is 58.4 Å². The summed E-state index contributed by atoms with van der Waals surface area (Å²) in [6.45, 7) is 4.39. The molecule has 0 unspecified atom stereocenters. The molecular weight excluding hydrogens is 430 g/mol. The van der Waals surface area contributed by atoms with E-state index in [-0.39, 0.29) is 6.54 Å². The molecule has 1 aromatic heterocycles. The normalized spacial score (nSPS) is 10.5. The minimum absolute atomic E-state index is 0.119. The highest BCUT2D eigenvalue weighted by atomic mass is 32.1. The van der Waals surface area contributed by atoms with Crippen molar-refractivity contribution in [2.45, 2.75) is 26.8 Å². The average molecular weight is 456 g/mol. The lowest BCUT2D eigenvalue weighted by atomic mass is 10.1. The van der Waals surface area contributed by atoms with Crippen molar-refractivity contribution in [2.24, 2.45) is 0 Å². The average Bonchev–Trinajstić information content (AvgIpc) is 3.15. The van der Waals surface area contributed by atoms with E-state index < -0.39 is 11.8 Å². The minimum Gasteiger partial charge on any atom is -0.493 e. The summed E-state index contributed by atoms with van der Waals surface area (Å²) in [5.74, 6) is 0.568. The van der Waals surface area contributed by atoms with E-state index >= 15 is 0 Å². The van der Waals surface area contributed by atoms with Gasteiger partial charge in [0.1, 0.15) is 6.54 Å². The van der Waals surface area contributed by atoms with E-state index in [2.05, 4.69) is 21.0 Å². The highest BCUT2D eigenvalue weighted by molar-refractivity contribution is 7.71. The number of hydrogen-bond donors (Lipinski definition) is 3. The van der Waals surface area contributed by atoms with Crippen LogP contribution in [0.2, 0.25) is 0 Å².